The van der Waals surface area contributed by atoms with E-state index in [0.29, 0.717) is 23.3 Å². The second-order valence-electron chi connectivity index (χ2n) is 4.96. The summed E-state index contributed by atoms with van der Waals surface area (Å²) in [6.07, 6.45) is 2.45. The van der Waals surface area contributed by atoms with E-state index in [1.807, 2.05) is 12.1 Å². The van der Waals surface area contributed by atoms with Crippen molar-refractivity contribution in [2.75, 3.05) is 34.4 Å². The standard InChI is InChI=1S/C15H24N2O3/c1-18-13-7-11(8-14(19-2)15(13)20-3)9-17-12-5-4-6-16-10-12/h7-8,12,16-17H,4-6,9-10H2,1-3H3. The van der Waals surface area contributed by atoms with Gasteiger partial charge in [0.25, 0.3) is 0 Å². The predicted octanol–water partition coefficient (Wildman–Crippen LogP) is 1.55. The van der Waals surface area contributed by atoms with Gasteiger partial charge in [0.1, 0.15) is 0 Å². The van der Waals surface area contributed by atoms with Crippen LogP contribution in [-0.2, 0) is 6.54 Å². The lowest BCUT2D eigenvalue weighted by Crippen LogP contribution is -2.42. The van der Waals surface area contributed by atoms with Gasteiger partial charge in [-0.25, -0.2) is 0 Å². The zero-order valence-corrected chi connectivity index (χ0v) is 12.5. The molecule has 0 aliphatic carbocycles. The smallest absolute Gasteiger partial charge is 0.203 e. The number of piperidine rings is 1. The maximum absolute atomic E-state index is 5.37. The largest absolute Gasteiger partial charge is 0.493 e. The second kappa shape index (κ2) is 7.36. The van der Waals surface area contributed by atoms with E-state index < -0.39 is 0 Å². The topological polar surface area (TPSA) is 51.8 Å². The molecule has 2 rings (SSSR count). The van der Waals surface area contributed by atoms with Crippen molar-refractivity contribution in [3.63, 3.8) is 0 Å². The molecule has 1 saturated heterocycles. The quantitative estimate of drug-likeness (QED) is 0.828. The van der Waals surface area contributed by atoms with E-state index in [0.717, 1.165) is 25.2 Å². The highest BCUT2D eigenvalue weighted by molar-refractivity contribution is 5.53. The molecule has 5 nitrogen and oxygen atoms in total. The Kier molecular flexibility index (Phi) is 5.49. The molecule has 1 aliphatic heterocycles. The number of hydrogen-bond acceptors (Lipinski definition) is 5. The monoisotopic (exact) mass is 280 g/mol. The van der Waals surface area contributed by atoms with Crippen LogP contribution in [0.15, 0.2) is 12.1 Å². The van der Waals surface area contributed by atoms with Gasteiger partial charge in [-0.05, 0) is 37.1 Å². The third kappa shape index (κ3) is 3.55. The highest BCUT2D eigenvalue weighted by Gasteiger charge is 2.15. The number of benzene rings is 1. The minimum atomic E-state index is 0.530. The Bertz CT molecular complexity index is 406. The van der Waals surface area contributed by atoms with Crippen LogP contribution in [0, 0.1) is 0 Å². The summed E-state index contributed by atoms with van der Waals surface area (Å²) in [7, 11) is 4.89. The minimum Gasteiger partial charge on any atom is -0.493 e. The van der Waals surface area contributed by atoms with E-state index in [-0.39, 0.29) is 0 Å². The van der Waals surface area contributed by atoms with Crippen molar-refractivity contribution < 1.29 is 14.2 Å². The Balaban J connectivity index is 2.06. The van der Waals surface area contributed by atoms with Crippen LogP contribution in [0.5, 0.6) is 17.2 Å². The van der Waals surface area contributed by atoms with E-state index >= 15 is 0 Å². The summed E-state index contributed by atoms with van der Waals surface area (Å²) in [6.45, 7) is 2.95. The summed E-state index contributed by atoms with van der Waals surface area (Å²) in [5.41, 5.74) is 1.13. The average Bonchev–Trinajstić information content (AvgIpc) is 2.52. The fraction of sp³-hybridized carbons (Fsp3) is 0.600. The third-order valence-electron chi connectivity index (χ3n) is 3.62. The van der Waals surface area contributed by atoms with Gasteiger partial charge in [-0.1, -0.05) is 0 Å². The van der Waals surface area contributed by atoms with E-state index in [9.17, 15) is 0 Å². The second-order valence-corrected chi connectivity index (χ2v) is 4.96. The molecule has 1 aromatic carbocycles. The molecule has 1 unspecified atom stereocenters. The third-order valence-corrected chi connectivity index (χ3v) is 3.62. The number of ether oxygens (including phenoxy) is 3. The normalized spacial score (nSPS) is 18.6. The molecule has 2 N–H and O–H groups in total. The Morgan fingerprint density at radius 1 is 1.15 bits per heavy atom. The lowest BCUT2D eigenvalue weighted by atomic mass is 10.1. The number of nitrogens with one attached hydrogen (secondary N) is 2. The molecular weight excluding hydrogens is 256 g/mol. The molecule has 1 aromatic rings. The summed E-state index contributed by atoms with van der Waals surface area (Å²) in [5, 5.41) is 6.97. The molecule has 1 fully saturated rings. The summed E-state index contributed by atoms with van der Waals surface area (Å²) in [5.74, 6) is 2.04. The molecule has 1 aliphatic rings. The van der Waals surface area contributed by atoms with Crippen molar-refractivity contribution in [3.8, 4) is 17.2 Å². The van der Waals surface area contributed by atoms with Gasteiger partial charge < -0.3 is 24.8 Å². The van der Waals surface area contributed by atoms with Crippen LogP contribution in [0.25, 0.3) is 0 Å². The first-order chi connectivity index (χ1) is 9.78. The Hall–Kier alpha value is -1.46. The van der Waals surface area contributed by atoms with Crippen molar-refractivity contribution in [3.05, 3.63) is 17.7 Å². The molecule has 1 heterocycles. The van der Waals surface area contributed by atoms with Gasteiger partial charge in [0.15, 0.2) is 11.5 Å². The van der Waals surface area contributed by atoms with Crippen LogP contribution in [0.3, 0.4) is 0 Å². The molecule has 0 spiro atoms. The summed E-state index contributed by atoms with van der Waals surface area (Å²) in [4.78, 5) is 0. The summed E-state index contributed by atoms with van der Waals surface area (Å²) in [6, 6.07) is 4.51. The lowest BCUT2D eigenvalue weighted by Gasteiger charge is -2.24. The highest BCUT2D eigenvalue weighted by atomic mass is 16.5. The average molecular weight is 280 g/mol. The van der Waals surface area contributed by atoms with E-state index in [2.05, 4.69) is 10.6 Å². The van der Waals surface area contributed by atoms with Gasteiger partial charge in [0, 0.05) is 19.1 Å². The first-order valence-electron chi connectivity index (χ1n) is 7.01. The van der Waals surface area contributed by atoms with Gasteiger partial charge in [-0.2, -0.15) is 0 Å². The van der Waals surface area contributed by atoms with Gasteiger partial charge in [0.05, 0.1) is 21.3 Å². The zero-order chi connectivity index (χ0) is 14.4. The van der Waals surface area contributed by atoms with Crippen molar-refractivity contribution >= 4 is 0 Å². The molecule has 5 heteroatoms. The molecule has 112 valence electrons. The number of methoxy groups -OCH3 is 3. The van der Waals surface area contributed by atoms with Crippen LogP contribution < -0.4 is 24.8 Å². The molecule has 0 amide bonds. The first kappa shape index (κ1) is 14.9. The van der Waals surface area contributed by atoms with Crippen molar-refractivity contribution in [2.24, 2.45) is 0 Å². The van der Waals surface area contributed by atoms with E-state index in [1.165, 1.54) is 12.8 Å². The molecule has 0 saturated carbocycles. The number of hydrogen-bond donors (Lipinski definition) is 2. The van der Waals surface area contributed by atoms with Gasteiger partial charge >= 0.3 is 0 Å². The molecule has 0 aromatic heterocycles. The fourth-order valence-corrected chi connectivity index (χ4v) is 2.53. The Morgan fingerprint density at radius 3 is 2.35 bits per heavy atom. The molecule has 0 radical (unpaired) electrons. The Morgan fingerprint density at radius 2 is 1.85 bits per heavy atom. The van der Waals surface area contributed by atoms with Crippen LogP contribution >= 0.6 is 0 Å². The molecule has 20 heavy (non-hydrogen) atoms. The van der Waals surface area contributed by atoms with Crippen LogP contribution in [0.1, 0.15) is 18.4 Å². The highest BCUT2D eigenvalue weighted by Crippen LogP contribution is 2.38. The van der Waals surface area contributed by atoms with Crippen LogP contribution in [0.2, 0.25) is 0 Å². The van der Waals surface area contributed by atoms with E-state index in [1.54, 1.807) is 21.3 Å². The van der Waals surface area contributed by atoms with E-state index in [4.69, 9.17) is 14.2 Å². The fourth-order valence-electron chi connectivity index (χ4n) is 2.53. The molecule has 1 atom stereocenters. The van der Waals surface area contributed by atoms with Gasteiger partial charge in [-0.15, -0.1) is 0 Å². The summed E-state index contributed by atoms with van der Waals surface area (Å²) >= 11 is 0. The van der Waals surface area contributed by atoms with Crippen LogP contribution in [0.4, 0.5) is 0 Å². The first-order valence-corrected chi connectivity index (χ1v) is 7.01. The number of rotatable bonds is 6. The van der Waals surface area contributed by atoms with Crippen molar-refractivity contribution in [2.45, 2.75) is 25.4 Å². The molecule has 0 bridgehead atoms. The minimum absolute atomic E-state index is 0.530. The Labute approximate surface area is 120 Å². The maximum Gasteiger partial charge on any atom is 0.203 e. The van der Waals surface area contributed by atoms with Gasteiger partial charge in [-0.3, -0.25) is 0 Å². The predicted molar refractivity (Wildman–Crippen MR) is 78.8 cm³/mol. The van der Waals surface area contributed by atoms with Crippen molar-refractivity contribution in [1.29, 1.82) is 0 Å². The van der Waals surface area contributed by atoms with Crippen molar-refractivity contribution in [1.82, 2.24) is 10.6 Å². The SMILES string of the molecule is COc1cc(CNC2CCCNC2)cc(OC)c1OC. The maximum atomic E-state index is 5.37. The van der Waals surface area contributed by atoms with Crippen LogP contribution in [-0.4, -0.2) is 40.5 Å². The lowest BCUT2D eigenvalue weighted by molar-refractivity contribution is 0.323. The van der Waals surface area contributed by atoms with Gasteiger partial charge in [0.2, 0.25) is 5.75 Å². The summed E-state index contributed by atoms with van der Waals surface area (Å²) < 4.78 is 16.1. The zero-order valence-electron chi connectivity index (χ0n) is 12.5. The molecular formula is C15H24N2O3.